The lowest BCUT2D eigenvalue weighted by Gasteiger charge is -2.26. The molecule has 2 atom stereocenters. The zero-order valence-electron chi connectivity index (χ0n) is 13.2. The predicted octanol–water partition coefficient (Wildman–Crippen LogP) is 1.69. The summed E-state index contributed by atoms with van der Waals surface area (Å²) >= 11 is 1.50. The van der Waals surface area contributed by atoms with Gasteiger partial charge in [0.05, 0.1) is 11.9 Å². The zero-order chi connectivity index (χ0) is 15.8. The van der Waals surface area contributed by atoms with Crippen molar-refractivity contribution in [3.8, 4) is 0 Å². The molecule has 0 aromatic carbocycles. The van der Waals surface area contributed by atoms with E-state index >= 15 is 0 Å². The van der Waals surface area contributed by atoms with Gasteiger partial charge in [0.25, 0.3) is 0 Å². The summed E-state index contributed by atoms with van der Waals surface area (Å²) in [5.41, 5.74) is 5.51. The fourth-order valence-electron chi connectivity index (χ4n) is 1.34. The third kappa shape index (κ3) is 7.75. The molecule has 0 saturated heterocycles. The number of thioether (sulfide) groups is 1. The van der Waals surface area contributed by atoms with Crippen molar-refractivity contribution in [2.45, 2.75) is 64.3 Å². The highest BCUT2D eigenvalue weighted by molar-refractivity contribution is 8.00. The Labute approximate surface area is 126 Å². The highest BCUT2D eigenvalue weighted by Crippen LogP contribution is 2.15. The Bertz CT molecular complexity index is 322. The van der Waals surface area contributed by atoms with Gasteiger partial charge in [-0.1, -0.05) is 6.92 Å². The van der Waals surface area contributed by atoms with Crippen LogP contribution >= 0.6 is 11.8 Å². The summed E-state index contributed by atoms with van der Waals surface area (Å²) < 4.78 is 4.84. The molecule has 0 fully saturated rings. The summed E-state index contributed by atoms with van der Waals surface area (Å²) in [7, 11) is 0. The molecule has 0 saturated carbocycles. The number of esters is 1. The van der Waals surface area contributed by atoms with Crippen molar-refractivity contribution in [2.75, 3.05) is 12.4 Å². The predicted molar refractivity (Wildman–Crippen MR) is 83.7 cm³/mol. The number of nitrogens with two attached hydrogens (primary N) is 1. The number of carbonyl (C=O) groups is 2. The number of hydrogen-bond donors (Lipinski definition) is 2. The maximum atomic E-state index is 12.0. The van der Waals surface area contributed by atoms with Crippen LogP contribution in [0.3, 0.4) is 0 Å². The summed E-state index contributed by atoms with van der Waals surface area (Å²) in [6.07, 6.45) is 1.39. The monoisotopic (exact) mass is 304 g/mol. The van der Waals surface area contributed by atoms with Crippen molar-refractivity contribution in [3.05, 3.63) is 0 Å². The molecule has 0 radical (unpaired) electrons. The quantitative estimate of drug-likeness (QED) is 0.634. The lowest BCUT2D eigenvalue weighted by molar-refractivity contribution is -0.144. The van der Waals surface area contributed by atoms with Crippen LogP contribution in [-0.2, 0) is 14.3 Å². The van der Waals surface area contributed by atoms with Gasteiger partial charge in [0.2, 0.25) is 5.91 Å². The van der Waals surface area contributed by atoms with Crippen LogP contribution in [0.15, 0.2) is 0 Å². The lowest BCUT2D eigenvalue weighted by atomic mass is 10.0. The number of rotatable bonds is 9. The Morgan fingerprint density at radius 2 is 1.95 bits per heavy atom. The molecule has 2 unspecified atom stereocenters. The highest BCUT2D eigenvalue weighted by Gasteiger charge is 2.22. The minimum Gasteiger partial charge on any atom is -0.465 e. The van der Waals surface area contributed by atoms with Crippen LogP contribution < -0.4 is 11.1 Å². The zero-order valence-corrected chi connectivity index (χ0v) is 14.0. The molecule has 3 N–H and O–H groups in total. The van der Waals surface area contributed by atoms with E-state index in [1.165, 1.54) is 11.8 Å². The SMILES string of the molecule is CCOC(=O)C(N)CCSC(C)C(=O)NC(C)(C)CC. The maximum absolute atomic E-state index is 12.0. The number of carbonyl (C=O) groups excluding carboxylic acids is 2. The van der Waals surface area contributed by atoms with Crippen molar-refractivity contribution < 1.29 is 14.3 Å². The molecule has 6 heteroatoms. The van der Waals surface area contributed by atoms with Gasteiger partial charge in [-0.05, 0) is 46.3 Å². The van der Waals surface area contributed by atoms with Gasteiger partial charge in [-0.2, -0.15) is 0 Å². The summed E-state index contributed by atoms with van der Waals surface area (Å²) in [4.78, 5) is 23.3. The van der Waals surface area contributed by atoms with Crippen molar-refractivity contribution in [2.24, 2.45) is 5.73 Å². The van der Waals surface area contributed by atoms with Crippen molar-refractivity contribution in [3.63, 3.8) is 0 Å². The Hall–Kier alpha value is -0.750. The molecule has 0 spiro atoms. The molecule has 1 amide bonds. The summed E-state index contributed by atoms with van der Waals surface area (Å²) in [5.74, 6) is 0.296. The topological polar surface area (TPSA) is 81.4 Å². The van der Waals surface area contributed by atoms with Gasteiger partial charge in [0, 0.05) is 5.54 Å². The fourth-order valence-corrected chi connectivity index (χ4v) is 2.29. The highest BCUT2D eigenvalue weighted by atomic mass is 32.2. The van der Waals surface area contributed by atoms with Crippen molar-refractivity contribution in [1.82, 2.24) is 5.32 Å². The molecule has 0 rings (SSSR count). The molecule has 0 aliphatic heterocycles. The number of ether oxygens (including phenoxy) is 1. The van der Waals surface area contributed by atoms with Gasteiger partial charge in [0.1, 0.15) is 6.04 Å². The smallest absolute Gasteiger partial charge is 0.322 e. The van der Waals surface area contributed by atoms with Gasteiger partial charge < -0.3 is 15.8 Å². The van der Waals surface area contributed by atoms with E-state index in [-0.39, 0.29) is 22.7 Å². The molecule has 0 aliphatic rings. The molecule has 5 nitrogen and oxygen atoms in total. The second-order valence-corrected chi connectivity index (χ2v) is 6.84. The van der Waals surface area contributed by atoms with E-state index in [1.54, 1.807) is 6.92 Å². The summed E-state index contributed by atoms with van der Waals surface area (Å²) in [6.45, 7) is 9.99. The third-order valence-electron chi connectivity index (χ3n) is 3.10. The normalized spacial score (nSPS) is 14.5. The first-order valence-electron chi connectivity index (χ1n) is 7.09. The Kier molecular flexibility index (Phi) is 8.89. The van der Waals surface area contributed by atoms with Gasteiger partial charge in [-0.15, -0.1) is 11.8 Å². The van der Waals surface area contributed by atoms with Crippen LogP contribution in [0.2, 0.25) is 0 Å². The van der Waals surface area contributed by atoms with E-state index in [4.69, 9.17) is 10.5 Å². The summed E-state index contributed by atoms with van der Waals surface area (Å²) in [5, 5.41) is 2.85. The second kappa shape index (κ2) is 9.23. The standard InChI is InChI=1S/C14H28N2O3S/c1-6-14(4,5)16-12(17)10(3)20-9-8-11(15)13(18)19-7-2/h10-11H,6-9,15H2,1-5H3,(H,16,17). The van der Waals surface area contributed by atoms with Gasteiger partial charge in [-0.25, -0.2) is 0 Å². The van der Waals surface area contributed by atoms with Gasteiger partial charge in [0.15, 0.2) is 0 Å². The largest absolute Gasteiger partial charge is 0.465 e. The van der Waals surface area contributed by atoms with Crippen molar-refractivity contribution in [1.29, 1.82) is 0 Å². The summed E-state index contributed by atoms with van der Waals surface area (Å²) in [6, 6.07) is -0.607. The van der Waals surface area contributed by atoms with E-state index in [2.05, 4.69) is 5.32 Å². The second-order valence-electron chi connectivity index (χ2n) is 5.39. The molecular weight excluding hydrogens is 276 g/mol. The van der Waals surface area contributed by atoms with E-state index in [9.17, 15) is 9.59 Å². The minimum atomic E-state index is -0.607. The average Bonchev–Trinajstić information content (AvgIpc) is 2.38. The third-order valence-corrected chi connectivity index (χ3v) is 4.29. The molecule has 0 aliphatic carbocycles. The molecule has 0 aromatic heterocycles. The fraction of sp³-hybridized carbons (Fsp3) is 0.857. The van der Waals surface area contributed by atoms with E-state index in [0.29, 0.717) is 18.8 Å². The first-order valence-corrected chi connectivity index (χ1v) is 8.14. The number of nitrogens with one attached hydrogen (secondary N) is 1. The van der Waals surface area contributed by atoms with Crippen LogP contribution in [0.1, 0.15) is 47.5 Å². The van der Waals surface area contributed by atoms with Crippen molar-refractivity contribution >= 4 is 23.6 Å². The van der Waals surface area contributed by atoms with Crippen LogP contribution in [0.25, 0.3) is 0 Å². The van der Waals surface area contributed by atoms with Gasteiger partial charge >= 0.3 is 5.97 Å². The number of amides is 1. The van der Waals surface area contributed by atoms with E-state index < -0.39 is 6.04 Å². The molecule has 0 aromatic rings. The van der Waals surface area contributed by atoms with Crippen LogP contribution in [-0.4, -0.2) is 41.1 Å². The first kappa shape index (κ1) is 19.2. The molecular formula is C14H28N2O3S. The van der Waals surface area contributed by atoms with E-state index in [0.717, 1.165) is 6.42 Å². The first-order chi connectivity index (χ1) is 9.23. The van der Waals surface area contributed by atoms with Crippen LogP contribution in [0.5, 0.6) is 0 Å². The number of hydrogen-bond acceptors (Lipinski definition) is 5. The van der Waals surface area contributed by atoms with Crippen LogP contribution in [0.4, 0.5) is 0 Å². The molecule has 0 heterocycles. The van der Waals surface area contributed by atoms with Crippen LogP contribution in [0, 0.1) is 0 Å². The molecule has 118 valence electrons. The van der Waals surface area contributed by atoms with Gasteiger partial charge in [-0.3, -0.25) is 9.59 Å². The minimum absolute atomic E-state index is 0.0200. The maximum Gasteiger partial charge on any atom is 0.322 e. The lowest BCUT2D eigenvalue weighted by Crippen LogP contribution is -2.46. The Morgan fingerprint density at radius 3 is 2.45 bits per heavy atom. The Balaban J connectivity index is 4.02. The average molecular weight is 304 g/mol. The molecule has 0 bridgehead atoms. The molecule has 20 heavy (non-hydrogen) atoms. The van der Waals surface area contributed by atoms with E-state index in [1.807, 2.05) is 27.7 Å². The Morgan fingerprint density at radius 1 is 1.35 bits per heavy atom.